The second-order valence-electron chi connectivity index (χ2n) is 11.9. The number of anilines is 3. The fraction of sp³-hybridized carbons (Fsp3) is 0.452. The largest absolute Gasteiger partial charge is 0.347 e. The van der Waals surface area contributed by atoms with Crippen molar-refractivity contribution in [3.8, 4) is 0 Å². The molecule has 2 saturated heterocycles. The number of aryl methyl sites for hydroxylation is 2. The van der Waals surface area contributed by atoms with E-state index in [1.54, 1.807) is 22.4 Å². The number of hydrogen-bond acceptors (Lipinski definition) is 9. The average molecular weight is 600 g/mol. The monoisotopic (exact) mass is 599 g/mol. The number of imidazole rings is 1. The van der Waals surface area contributed by atoms with Crippen molar-refractivity contribution in [3.63, 3.8) is 0 Å². The van der Waals surface area contributed by atoms with Crippen LogP contribution >= 0.6 is 11.3 Å². The minimum absolute atomic E-state index is 0.0172. The van der Waals surface area contributed by atoms with Gasteiger partial charge in [-0.1, -0.05) is 12.1 Å². The van der Waals surface area contributed by atoms with E-state index in [0.717, 1.165) is 61.4 Å². The molecule has 2 aliphatic heterocycles. The number of aromatic nitrogens is 4. The van der Waals surface area contributed by atoms with Crippen LogP contribution in [0.4, 0.5) is 17.6 Å². The number of hydrogen-bond donors (Lipinski definition) is 2. The summed E-state index contributed by atoms with van der Waals surface area (Å²) in [5, 5.41) is 6.71. The number of thiophene rings is 1. The van der Waals surface area contributed by atoms with Crippen LogP contribution in [0.2, 0.25) is 0 Å². The first-order valence-electron chi connectivity index (χ1n) is 15.1. The van der Waals surface area contributed by atoms with Gasteiger partial charge in [0, 0.05) is 62.2 Å². The highest BCUT2D eigenvalue weighted by Crippen LogP contribution is 2.30. The SMILES string of the molecule is CN1CCN(C)C(c2ccc(Nc3nc(N4CCC[C@H](NC(=O)c5cc6c(s5)CCCC6)C4)nc4nccn34)cc2)C1=O. The van der Waals surface area contributed by atoms with E-state index in [-0.39, 0.29) is 23.9 Å². The number of nitrogens with one attached hydrogen (secondary N) is 2. The molecule has 2 atom stereocenters. The minimum Gasteiger partial charge on any atom is -0.347 e. The molecule has 0 spiro atoms. The van der Waals surface area contributed by atoms with Crippen LogP contribution in [-0.2, 0) is 17.6 Å². The zero-order valence-corrected chi connectivity index (χ0v) is 25.4. The molecule has 3 aromatic heterocycles. The van der Waals surface area contributed by atoms with Gasteiger partial charge in [0.15, 0.2) is 0 Å². The fourth-order valence-electron chi connectivity index (χ4n) is 6.39. The van der Waals surface area contributed by atoms with Crippen molar-refractivity contribution >= 4 is 46.5 Å². The van der Waals surface area contributed by atoms with Gasteiger partial charge in [-0.05, 0) is 74.9 Å². The van der Waals surface area contributed by atoms with E-state index in [4.69, 9.17) is 9.97 Å². The van der Waals surface area contributed by atoms with Gasteiger partial charge in [-0.25, -0.2) is 4.98 Å². The normalized spacial score (nSPS) is 21.2. The summed E-state index contributed by atoms with van der Waals surface area (Å²) < 4.78 is 1.83. The number of piperazine rings is 1. The lowest BCUT2D eigenvalue weighted by molar-refractivity contribution is -0.139. The van der Waals surface area contributed by atoms with Crippen LogP contribution < -0.4 is 15.5 Å². The number of carbonyl (C=O) groups excluding carboxylic acids is 2. The van der Waals surface area contributed by atoms with Gasteiger partial charge in [0.05, 0.1) is 4.88 Å². The highest BCUT2D eigenvalue weighted by atomic mass is 32.1. The summed E-state index contributed by atoms with van der Waals surface area (Å²) in [5.74, 6) is 1.87. The molecule has 12 heteroatoms. The molecule has 43 heavy (non-hydrogen) atoms. The van der Waals surface area contributed by atoms with E-state index in [1.807, 2.05) is 49.0 Å². The second-order valence-corrected chi connectivity index (χ2v) is 13.0. The molecule has 1 aromatic carbocycles. The number of carbonyl (C=O) groups is 2. The third-order valence-corrected chi connectivity index (χ3v) is 10.1. The summed E-state index contributed by atoms with van der Waals surface area (Å²) in [7, 11) is 3.85. The average Bonchev–Trinajstić information content (AvgIpc) is 3.68. The first-order valence-corrected chi connectivity index (χ1v) is 16.0. The summed E-state index contributed by atoms with van der Waals surface area (Å²) >= 11 is 1.65. The van der Waals surface area contributed by atoms with E-state index < -0.39 is 0 Å². The minimum atomic E-state index is -0.281. The number of rotatable bonds is 6. The molecular weight excluding hydrogens is 562 g/mol. The number of fused-ring (bicyclic) bond motifs is 2. The summed E-state index contributed by atoms with van der Waals surface area (Å²) in [5.41, 5.74) is 3.17. The Kier molecular flexibility index (Phi) is 7.48. The second kappa shape index (κ2) is 11.6. The molecule has 4 aromatic rings. The molecule has 1 unspecified atom stereocenters. The molecule has 2 fully saturated rings. The molecule has 5 heterocycles. The summed E-state index contributed by atoms with van der Waals surface area (Å²) in [6.45, 7) is 3.02. The Labute approximate surface area is 254 Å². The van der Waals surface area contributed by atoms with Gasteiger partial charge in [0.1, 0.15) is 6.04 Å². The molecular formula is C31H37N9O2S. The topological polar surface area (TPSA) is 111 Å². The smallest absolute Gasteiger partial charge is 0.261 e. The van der Waals surface area contributed by atoms with Crippen LogP contribution in [0.3, 0.4) is 0 Å². The Bertz CT molecular complexity index is 1630. The van der Waals surface area contributed by atoms with Gasteiger partial charge < -0.3 is 20.4 Å². The lowest BCUT2D eigenvalue weighted by atomic mass is 9.99. The summed E-state index contributed by atoms with van der Waals surface area (Å²) in [6.07, 6.45) is 10.00. The zero-order chi connectivity index (χ0) is 29.5. The van der Waals surface area contributed by atoms with E-state index >= 15 is 0 Å². The van der Waals surface area contributed by atoms with Crippen LogP contribution in [-0.4, -0.2) is 87.3 Å². The molecule has 11 nitrogen and oxygen atoms in total. The van der Waals surface area contributed by atoms with Crippen molar-refractivity contribution in [2.45, 2.75) is 50.6 Å². The molecule has 0 bridgehead atoms. The highest BCUT2D eigenvalue weighted by Gasteiger charge is 2.32. The number of benzene rings is 1. The van der Waals surface area contributed by atoms with Gasteiger partial charge in [-0.15, -0.1) is 11.3 Å². The van der Waals surface area contributed by atoms with Crippen LogP contribution in [0.25, 0.3) is 5.78 Å². The predicted molar refractivity (Wildman–Crippen MR) is 167 cm³/mol. The molecule has 0 saturated carbocycles. The van der Waals surface area contributed by atoms with Gasteiger partial charge in [-0.2, -0.15) is 9.97 Å². The third kappa shape index (κ3) is 5.56. The lowest BCUT2D eigenvalue weighted by Crippen LogP contribution is -2.48. The van der Waals surface area contributed by atoms with E-state index in [2.05, 4.69) is 31.5 Å². The standard InChI is InChI=1S/C31H37N9O2S/c1-37-16-17-38(2)28(42)26(37)20-9-11-22(12-10-20)34-31-36-30(35-29-32-13-15-40(29)31)39-14-5-7-23(19-39)33-27(41)25-18-21-6-3-4-8-24(21)43-25/h9-13,15,18,23,26H,3-8,14,16-17,19H2,1-2H3,(H,33,41)(H,32,34,35,36)/t23-,26?/m0/s1. The van der Waals surface area contributed by atoms with Gasteiger partial charge in [0.25, 0.3) is 5.91 Å². The maximum absolute atomic E-state index is 13.2. The quantitative estimate of drug-likeness (QED) is 0.346. The summed E-state index contributed by atoms with van der Waals surface area (Å²) in [6, 6.07) is 9.78. The molecule has 1 aliphatic carbocycles. The Balaban J connectivity index is 1.07. The number of nitrogens with zero attached hydrogens (tertiary/aromatic N) is 7. The van der Waals surface area contributed by atoms with E-state index in [1.165, 1.54) is 23.3 Å². The van der Waals surface area contributed by atoms with Crippen molar-refractivity contribution < 1.29 is 9.59 Å². The molecule has 2 N–H and O–H groups in total. The van der Waals surface area contributed by atoms with E-state index in [9.17, 15) is 9.59 Å². The van der Waals surface area contributed by atoms with Crippen molar-refractivity contribution in [3.05, 3.63) is 63.6 Å². The first-order chi connectivity index (χ1) is 20.9. The van der Waals surface area contributed by atoms with Crippen LogP contribution in [0.1, 0.15) is 57.4 Å². The molecule has 7 rings (SSSR count). The van der Waals surface area contributed by atoms with Crippen LogP contribution in [0, 0.1) is 0 Å². The van der Waals surface area contributed by atoms with Gasteiger partial charge >= 0.3 is 0 Å². The third-order valence-electron chi connectivity index (χ3n) is 8.84. The Morgan fingerprint density at radius 1 is 1.02 bits per heavy atom. The maximum Gasteiger partial charge on any atom is 0.261 e. The van der Waals surface area contributed by atoms with Crippen molar-refractivity contribution in [2.24, 2.45) is 0 Å². The Hall–Kier alpha value is -4.03. The van der Waals surface area contributed by atoms with Crippen molar-refractivity contribution in [2.75, 3.05) is 50.5 Å². The van der Waals surface area contributed by atoms with Crippen molar-refractivity contribution in [1.29, 1.82) is 0 Å². The molecule has 3 aliphatic rings. The number of piperidine rings is 1. The number of likely N-dealkylation sites (N-methyl/N-ethyl adjacent to an activating group) is 2. The lowest BCUT2D eigenvalue weighted by Gasteiger charge is -2.37. The van der Waals surface area contributed by atoms with E-state index in [0.29, 0.717) is 24.2 Å². The predicted octanol–water partition coefficient (Wildman–Crippen LogP) is 3.65. The van der Waals surface area contributed by atoms with Gasteiger partial charge in [-0.3, -0.25) is 18.9 Å². The Morgan fingerprint density at radius 3 is 2.70 bits per heavy atom. The number of amides is 2. The van der Waals surface area contributed by atoms with Crippen molar-refractivity contribution in [1.82, 2.24) is 34.5 Å². The zero-order valence-electron chi connectivity index (χ0n) is 24.6. The molecule has 2 amide bonds. The molecule has 224 valence electrons. The Morgan fingerprint density at radius 2 is 1.86 bits per heavy atom. The molecule has 0 radical (unpaired) electrons. The van der Waals surface area contributed by atoms with Crippen LogP contribution in [0.15, 0.2) is 42.7 Å². The maximum atomic E-state index is 13.2. The van der Waals surface area contributed by atoms with Crippen LogP contribution in [0.5, 0.6) is 0 Å². The summed E-state index contributed by atoms with van der Waals surface area (Å²) in [4.78, 5) is 48.3. The first kappa shape index (κ1) is 27.8. The fourth-order valence-corrected chi connectivity index (χ4v) is 7.55. The highest BCUT2D eigenvalue weighted by molar-refractivity contribution is 7.14. The van der Waals surface area contributed by atoms with Gasteiger partial charge in [0.2, 0.25) is 23.6 Å².